The molecule has 0 aliphatic rings. The van der Waals surface area contributed by atoms with Crippen LogP contribution < -0.4 is 0 Å². The summed E-state index contributed by atoms with van der Waals surface area (Å²) >= 11 is 3.93. The van der Waals surface area contributed by atoms with Crippen molar-refractivity contribution < 1.29 is 25.2 Å². The van der Waals surface area contributed by atoms with Crippen LogP contribution in [0.3, 0.4) is 0 Å². The topological polar surface area (TPSA) is 98.0 Å². The van der Waals surface area contributed by atoms with Gasteiger partial charge in [0.05, 0.1) is 6.10 Å². The highest BCUT2D eigenvalue weighted by atomic mass is 32.1. The van der Waals surface area contributed by atoms with Crippen molar-refractivity contribution in [3.8, 4) is 5.75 Å². The Morgan fingerprint density at radius 1 is 1.35 bits per heavy atom. The van der Waals surface area contributed by atoms with Crippen molar-refractivity contribution in [2.75, 3.05) is 5.75 Å². The number of aromatic hydroxyl groups is 1. The lowest BCUT2D eigenvalue weighted by atomic mass is 10.00. The summed E-state index contributed by atoms with van der Waals surface area (Å²) < 4.78 is 0. The van der Waals surface area contributed by atoms with Crippen LogP contribution in [0.4, 0.5) is 0 Å². The minimum atomic E-state index is -1.29. The van der Waals surface area contributed by atoms with Crippen molar-refractivity contribution in [2.45, 2.75) is 18.6 Å². The van der Waals surface area contributed by atoms with E-state index in [1.165, 1.54) is 12.1 Å². The summed E-state index contributed by atoms with van der Waals surface area (Å²) in [4.78, 5) is 10.8. The van der Waals surface area contributed by atoms with Gasteiger partial charge in [-0.3, -0.25) is 0 Å². The monoisotopic (exact) mass is 258 g/mol. The Kier molecular flexibility index (Phi) is 4.80. The van der Waals surface area contributed by atoms with Crippen LogP contribution in [0, 0.1) is 0 Å². The Bertz CT molecular complexity index is 407. The SMILES string of the molecule is O=C(O)c1cc(C(O)C(O)CCS)ccc1O. The van der Waals surface area contributed by atoms with Gasteiger partial charge in [-0.25, -0.2) is 4.79 Å². The second-order valence-corrected chi connectivity index (χ2v) is 4.05. The standard InChI is InChI=1S/C11H14O5S/c12-8-2-1-6(5-7(8)11(15)16)10(14)9(13)3-4-17/h1-2,5,9-10,12-14,17H,3-4H2,(H,15,16). The molecule has 2 atom stereocenters. The van der Waals surface area contributed by atoms with Gasteiger partial charge in [0.1, 0.15) is 17.4 Å². The molecule has 17 heavy (non-hydrogen) atoms. The molecule has 0 aromatic heterocycles. The number of benzene rings is 1. The van der Waals surface area contributed by atoms with E-state index in [2.05, 4.69) is 12.6 Å². The number of rotatable bonds is 5. The van der Waals surface area contributed by atoms with E-state index in [-0.39, 0.29) is 23.3 Å². The van der Waals surface area contributed by atoms with Gasteiger partial charge >= 0.3 is 5.97 Å². The molecule has 1 aromatic carbocycles. The second-order valence-electron chi connectivity index (χ2n) is 3.61. The molecule has 0 saturated carbocycles. The molecule has 0 amide bonds. The van der Waals surface area contributed by atoms with Gasteiger partial charge in [0.2, 0.25) is 0 Å². The Hall–Kier alpha value is -1.24. The smallest absolute Gasteiger partial charge is 0.339 e. The minimum absolute atomic E-state index is 0.245. The van der Waals surface area contributed by atoms with Gasteiger partial charge in [-0.15, -0.1) is 0 Å². The number of hydrogen-bond acceptors (Lipinski definition) is 5. The van der Waals surface area contributed by atoms with Gasteiger partial charge in [-0.2, -0.15) is 12.6 Å². The van der Waals surface area contributed by atoms with Crippen LogP contribution in [0.15, 0.2) is 18.2 Å². The molecule has 5 nitrogen and oxygen atoms in total. The van der Waals surface area contributed by atoms with E-state index in [1.807, 2.05) is 0 Å². The summed E-state index contributed by atoms with van der Waals surface area (Å²) in [5.74, 6) is -1.26. The summed E-state index contributed by atoms with van der Waals surface area (Å²) in [7, 11) is 0. The summed E-state index contributed by atoms with van der Waals surface area (Å²) in [6.45, 7) is 0. The highest BCUT2D eigenvalue weighted by Crippen LogP contribution is 2.25. The largest absolute Gasteiger partial charge is 0.507 e. The summed E-state index contributed by atoms with van der Waals surface area (Å²) in [6.07, 6.45) is -1.92. The number of carboxylic acid groups (broad SMARTS) is 1. The zero-order valence-electron chi connectivity index (χ0n) is 8.95. The highest BCUT2D eigenvalue weighted by molar-refractivity contribution is 7.80. The molecule has 94 valence electrons. The third kappa shape index (κ3) is 3.36. The average molecular weight is 258 g/mol. The number of hydrogen-bond donors (Lipinski definition) is 5. The first-order chi connectivity index (χ1) is 7.97. The molecule has 0 radical (unpaired) electrons. The fourth-order valence-electron chi connectivity index (χ4n) is 1.42. The Morgan fingerprint density at radius 3 is 2.53 bits per heavy atom. The molecule has 4 N–H and O–H groups in total. The lowest BCUT2D eigenvalue weighted by Crippen LogP contribution is -2.19. The van der Waals surface area contributed by atoms with Crippen LogP contribution in [0.1, 0.15) is 28.4 Å². The maximum atomic E-state index is 10.8. The first kappa shape index (κ1) is 13.8. The van der Waals surface area contributed by atoms with Gasteiger partial charge in [0, 0.05) is 0 Å². The molecule has 2 unspecified atom stereocenters. The molecule has 0 aliphatic heterocycles. The summed E-state index contributed by atoms with van der Waals surface area (Å²) in [6, 6.07) is 3.69. The van der Waals surface area contributed by atoms with Crippen LogP contribution in [0.5, 0.6) is 5.75 Å². The van der Waals surface area contributed by atoms with Gasteiger partial charge in [-0.1, -0.05) is 6.07 Å². The maximum absolute atomic E-state index is 10.8. The van der Waals surface area contributed by atoms with Gasteiger partial charge < -0.3 is 20.4 Å². The van der Waals surface area contributed by atoms with Crippen molar-refractivity contribution in [3.63, 3.8) is 0 Å². The molecule has 0 heterocycles. The molecular formula is C11H14O5S. The van der Waals surface area contributed by atoms with Crippen LogP contribution >= 0.6 is 12.6 Å². The van der Waals surface area contributed by atoms with E-state index in [1.54, 1.807) is 0 Å². The molecule has 0 fully saturated rings. The Morgan fingerprint density at radius 2 is 2.00 bits per heavy atom. The molecule has 0 saturated heterocycles. The lowest BCUT2D eigenvalue weighted by molar-refractivity contribution is 0.0171. The second kappa shape index (κ2) is 5.90. The van der Waals surface area contributed by atoms with E-state index in [0.29, 0.717) is 5.75 Å². The normalized spacial score (nSPS) is 14.3. The number of aliphatic hydroxyl groups excluding tert-OH is 2. The van der Waals surface area contributed by atoms with Gasteiger partial charge in [0.15, 0.2) is 0 Å². The summed E-state index contributed by atoms with van der Waals surface area (Å²) in [5, 5.41) is 37.4. The molecule has 1 rings (SSSR count). The first-order valence-electron chi connectivity index (χ1n) is 5.00. The van der Waals surface area contributed by atoms with E-state index < -0.39 is 18.2 Å². The van der Waals surface area contributed by atoms with E-state index in [4.69, 9.17) is 5.11 Å². The van der Waals surface area contributed by atoms with Crippen molar-refractivity contribution in [1.82, 2.24) is 0 Å². The zero-order valence-corrected chi connectivity index (χ0v) is 9.84. The maximum Gasteiger partial charge on any atom is 0.339 e. The van der Waals surface area contributed by atoms with Gasteiger partial charge in [0.25, 0.3) is 0 Å². The molecule has 0 spiro atoms. The van der Waals surface area contributed by atoms with Crippen LogP contribution in [-0.4, -0.2) is 38.3 Å². The van der Waals surface area contributed by atoms with E-state index >= 15 is 0 Å². The number of aliphatic hydroxyl groups is 2. The minimum Gasteiger partial charge on any atom is -0.507 e. The lowest BCUT2D eigenvalue weighted by Gasteiger charge is -2.17. The number of thiol groups is 1. The quantitative estimate of drug-likeness (QED) is 0.503. The first-order valence-corrected chi connectivity index (χ1v) is 5.63. The predicted octanol–water partition coefficient (Wildman–Crippen LogP) is 0.805. The zero-order chi connectivity index (χ0) is 13.0. The van der Waals surface area contributed by atoms with Crippen molar-refractivity contribution >= 4 is 18.6 Å². The van der Waals surface area contributed by atoms with Crippen molar-refractivity contribution in [2.24, 2.45) is 0 Å². The van der Waals surface area contributed by atoms with Crippen LogP contribution in [0.25, 0.3) is 0 Å². The fraction of sp³-hybridized carbons (Fsp3) is 0.364. The number of phenols is 1. The number of carboxylic acids is 1. The number of carbonyl (C=O) groups is 1. The Balaban J connectivity index is 2.99. The van der Waals surface area contributed by atoms with Crippen molar-refractivity contribution in [1.29, 1.82) is 0 Å². The number of aromatic carboxylic acids is 1. The van der Waals surface area contributed by atoms with Crippen molar-refractivity contribution in [3.05, 3.63) is 29.3 Å². The Labute approximate surface area is 104 Å². The molecular weight excluding hydrogens is 244 g/mol. The van der Waals surface area contributed by atoms with Crippen LogP contribution in [0.2, 0.25) is 0 Å². The molecule has 0 bridgehead atoms. The van der Waals surface area contributed by atoms with E-state index in [9.17, 15) is 20.1 Å². The summed E-state index contributed by atoms with van der Waals surface area (Å²) in [5.41, 5.74) is -0.0610. The molecule has 6 heteroatoms. The molecule has 1 aromatic rings. The third-order valence-electron chi connectivity index (χ3n) is 2.38. The van der Waals surface area contributed by atoms with Crippen LogP contribution in [-0.2, 0) is 0 Å². The third-order valence-corrected chi connectivity index (χ3v) is 2.64. The van der Waals surface area contributed by atoms with E-state index in [0.717, 1.165) is 6.07 Å². The average Bonchev–Trinajstić information content (AvgIpc) is 2.28. The highest BCUT2D eigenvalue weighted by Gasteiger charge is 2.20. The predicted molar refractivity (Wildman–Crippen MR) is 64.5 cm³/mol. The molecule has 0 aliphatic carbocycles. The fourth-order valence-corrected chi connectivity index (χ4v) is 1.69. The van der Waals surface area contributed by atoms with Gasteiger partial charge in [-0.05, 0) is 29.9 Å².